The van der Waals surface area contributed by atoms with Crippen LogP contribution in [0.15, 0.2) is 0 Å². The summed E-state index contributed by atoms with van der Waals surface area (Å²) in [6.07, 6.45) is 9.76. The van der Waals surface area contributed by atoms with Crippen LogP contribution in [0.1, 0.15) is 120 Å². The molecule has 0 aromatic carbocycles. The second kappa shape index (κ2) is 11.1. The Balaban J connectivity index is 1.59. The predicted molar refractivity (Wildman–Crippen MR) is 163 cm³/mol. The van der Waals surface area contributed by atoms with E-state index in [0.717, 1.165) is 64.2 Å². The molecule has 234 valence electrons. The van der Waals surface area contributed by atoms with Crippen molar-refractivity contribution in [2.24, 2.45) is 63.1 Å². The van der Waals surface area contributed by atoms with E-state index < -0.39 is 9.84 Å². The quantitative estimate of drug-likeness (QED) is 0.289. The van der Waals surface area contributed by atoms with E-state index in [1.807, 2.05) is 0 Å². The Kier molecular flexibility index (Phi) is 9.07. The van der Waals surface area contributed by atoms with E-state index in [0.29, 0.717) is 29.6 Å². The highest BCUT2D eigenvalue weighted by molar-refractivity contribution is 7.90. The highest BCUT2D eigenvalue weighted by Gasteiger charge is 2.67. The van der Waals surface area contributed by atoms with Gasteiger partial charge in [0, 0.05) is 6.26 Å². The van der Waals surface area contributed by atoms with E-state index in [2.05, 4.69) is 55.4 Å². The lowest BCUT2D eigenvalue weighted by Gasteiger charge is -2.65. The Labute approximate surface area is 246 Å². The van der Waals surface area contributed by atoms with Gasteiger partial charge in [0.1, 0.15) is 9.84 Å². The van der Waals surface area contributed by atoms with Gasteiger partial charge in [-0.1, -0.05) is 68.2 Å². The van der Waals surface area contributed by atoms with Crippen molar-refractivity contribution in [3.63, 3.8) is 0 Å². The molecule has 0 radical (unpaired) electrons. The van der Waals surface area contributed by atoms with Crippen LogP contribution in [-0.4, -0.2) is 54.1 Å². The van der Waals surface area contributed by atoms with Crippen molar-refractivity contribution in [3.05, 3.63) is 0 Å². The Morgan fingerprint density at radius 1 is 0.950 bits per heavy atom. The van der Waals surface area contributed by atoms with Gasteiger partial charge in [-0.2, -0.15) is 0 Å². The third-order valence-corrected chi connectivity index (χ3v) is 14.8. The lowest BCUT2D eigenvalue weighted by Crippen LogP contribution is -2.65. The summed E-state index contributed by atoms with van der Waals surface area (Å²) in [5, 5.41) is 34.6. The largest absolute Gasteiger partial charge is 0.393 e. The smallest absolute Gasteiger partial charge is 0.147 e. The molecule has 5 nitrogen and oxygen atoms in total. The normalized spacial score (nSPS) is 46.1. The van der Waals surface area contributed by atoms with Gasteiger partial charge in [0.05, 0.1) is 24.1 Å². The summed E-state index contributed by atoms with van der Waals surface area (Å²) < 4.78 is 24.3. The summed E-state index contributed by atoms with van der Waals surface area (Å²) in [5.41, 5.74) is -0.389. The fourth-order valence-electron chi connectivity index (χ4n) is 12.1. The van der Waals surface area contributed by atoms with Crippen molar-refractivity contribution < 1.29 is 23.7 Å². The van der Waals surface area contributed by atoms with Gasteiger partial charge in [0.2, 0.25) is 0 Å². The number of sulfone groups is 1. The van der Waals surface area contributed by atoms with Gasteiger partial charge in [-0.05, 0) is 114 Å². The number of rotatable bonds is 9. The third kappa shape index (κ3) is 5.71. The molecule has 6 heteroatoms. The molecule has 0 heterocycles. The van der Waals surface area contributed by atoms with Crippen molar-refractivity contribution in [1.82, 2.24) is 0 Å². The molecule has 3 N–H and O–H groups in total. The standard InChI is InChI=1S/C34H62O5S/c1-10-23-26-16-22(35)14-15-33(26,7)27-17-28(36)34(8)24(12-13-25(34)29(27)30(23)37)21(3)18-32(6,11-2)19-31(4,5)20-40(9,38)39/h21-30,35-37H,10-20H2,1-9H3. The molecule has 4 aliphatic carbocycles. The van der Waals surface area contributed by atoms with Gasteiger partial charge in [-0.25, -0.2) is 8.42 Å². The van der Waals surface area contributed by atoms with E-state index in [1.165, 1.54) is 6.26 Å². The van der Waals surface area contributed by atoms with Crippen LogP contribution in [0.25, 0.3) is 0 Å². The van der Waals surface area contributed by atoms with Crippen LogP contribution >= 0.6 is 0 Å². The minimum Gasteiger partial charge on any atom is -0.393 e. The minimum atomic E-state index is -3.05. The Morgan fingerprint density at radius 3 is 2.17 bits per heavy atom. The van der Waals surface area contributed by atoms with Crippen molar-refractivity contribution in [2.75, 3.05) is 12.0 Å². The van der Waals surface area contributed by atoms with Gasteiger partial charge < -0.3 is 15.3 Å². The third-order valence-electron chi connectivity index (χ3n) is 13.5. The van der Waals surface area contributed by atoms with E-state index >= 15 is 0 Å². The fraction of sp³-hybridized carbons (Fsp3) is 1.00. The first-order chi connectivity index (χ1) is 18.3. The Hall–Kier alpha value is -0.170. The predicted octanol–water partition coefficient (Wildman–Crippen LogP) is 6.49. The molecule has 4 rings (SSSR count). The van der Waals surface area contributed by atoms with Gasteiger partial charge in [0.25, 0.3) is 0 Å². The molecule has 4 fully saturated rings. The first kappa shape index (κ1) is 32.7. The summed E-state index contributed by atoms with van der Waals surface area (Å²) in [7, 11) is -3.05. The topological polar surface area (TPSA) is 94.8 Å². The van der Waals surface area contributed by atoms with Crippen molar-refractivity contribution >= 4 is 9.84 Å². The first-order valence-electron chi connectivity index (χ1n) is 16.5. The molecular formula is C34H62O5S. The molecule has 40 heavy (non-hydrogen) atoms. The summed E-state index contributed by atoms with van der Waals surface area (Å²) in [6.45, 7) is 18.1. The monoisotopic (exact) mass is 582 g/mol. The molecule has 0 aromatic heterocycles. The van der Waals surface area contributed by atoms with E-state index in [1.54, 1.807) is 0 Å². The second-order valence-corrected chi connectivity index (χ2v) is 19.1. The first-order valence-corrected chi connectivity index (χ1v) is 18.6. The molecular weight excluding hydrogens is 520 g/mol. The fourth-order valence-corrected chi connectivity index (χ4v) is 13.6. The van der Waals surface area contributed by atoms with Crippen LogP contribution in [0.4, 0.5) is 0 Å². The van der Waals surface area contributed by atoms with Crippen LogP contribution in [0.5, 0.6) is 0 Å². The SMILES string of the molecule is CCC1C(O)C2C(CC(O)C3(C)C(C(C)CC(C)(CC)CC(C)(C)CS(C)(=O)=O)CCC23)C2(C)CCC(O)CC12. The molecule has 0 bridgehead atoms. The number of fused-ring (bicyclic) bond motifs is 5. The van der Waals surface area contributed by atoms with Gasteiger partial charge in [-0.15, -0.1) is 0 Å². The zero-order chi connectivity index (χ0) is 30.1. The zero-order valence-electron chi connectivity index (χ0n) is 27.1. The van der Waals surface area contributed by atoms with Gasteiger partial charge in [0.15, 0.2) is 0 Å². The van der Waals surface area contributed by atoms with Gasteiger partial charge >= 0.3 is 0 Å². The Bertz CT molecular complexity index is 1010. The molecule has 0 spiro atoms. The maximum atomic E-state index is 12.1. The molecule has 0 saturated heterocycles. The molecule has 13 unspecified atom stereocenters. The average Bonchev–Trinajstić information content (AvgIpc) is 3.17. The van der Waals surface area contributed by atoms with Crippen LogP contribution in [0.2, 0.25) is 0 Å². The zero-order valence-corrected chi connectivity index (χ0v) is 27.9. The highest BCUT2D eigenvalue weighted by atomic mass is 32.2. The highest BCUT2D eigenvalue weighted by Crippen LogP contribution is 2.69. The van der Waals surface area contributed by atoms with Crippen molar-refractivity contribution in [1.29, 1.82) is 0 Å². The van der Waals surface area contributed by atoms with Crippen LogP contribution in [0.3, 0.4) is 0 Å². The van der Waals surface area contributed by atoms with E-state index in [4.69, 9.17) is 0 Å². The van der Waals surface area contributed by atoms with Gasteiger partial charge in [-0.3, -0.25) is 0 Å². The lowest BCUT2D eigenvalue weighted by atomic mass is 9.41. The van der Waals surface area contributed by atoms with Crippen molar-refractivity contribution in [2.45, 2.75) is 138 Å². The molecule has 0 amide bonds. The summed E-state index contributed by atoms with van der Waals surface area (Å²) in [6, 6.07) is 0. The van der Waals surface area contributed by atoms with Crippen LogP contribution in [-0.2, 0) is 9.84 Å². The summed E-state index contributed by atoms with van der Waals surface area (Å²) in [5.74, 6) is 2.41. The molecule has 0 aliphatic heterocycles. The summed E-state index contributed by atoms with van der Waals surface area (Å²) >= 11 is 0. The molecule has 4 saturated carbocycles. The maximum absolute atomic E-state index is 12.1. The van der Waals surface area contributed by atoms with E-state index in [9.17, 15) is 23.7 Å². The van der Waals surface area contributed by atoms with Crippen LogP contribution in [0, 0.1) is 63.1 Å². The van der Waals surface area contributed by atoms with Crippen LogP contribution < -0.4 is 0 Å². The lowest BCUT2D eigenvalue weighted by molar-refractivity contribution is -0.228. The number of hydrogen-bond acceptors (Lipinski definition) is 5. The number of hydrogen-bond donors (Lipinski definition) is 3. The Morgan fingerprint density at radius 2 is 1.60 bits per heavy atom. The minimum absolute atomic E-state index is 0.0332. The number of aliphatic hydroxyl groups is 3. The molecule has 0 aromatic rings. The molecule has 13 atom stereocenters. The second-order valence-electron chi connectivity index (χ2n) is 17.0. The van der Waals surface area contributed by atoms with Crippen molar-refractivity contribution in [3.8, 4) is 0 Å². The summed E-state index contributed by atoms with van der Waals surface area (Å²) in [4.78, 5) is 0. The molecule has 4 aliphatic rings. The van der Waals surface area contributed by atoms with E-state index in [-0.39, 0.29) is 57.6 Å². The maximum Gasteiger partial charge on any atom is 0.147 e. The number of aliphatic hydroxyl groups excluding tert-OH is 3. The average molecular weight is 583 g/mol.